The third kappa shape index (κ3) is 2.68. The summed E-state index contributed by atoms with van der Waals surface area (Å²) in [7, 11) is 1.86. The van der Waals surface area contributed by atoms with Crippen LogP contribution in [0, 0.1) is 12.8 Å². The van der Waals surface area contributed by atoms with Crippen LogP contribution >= 0.6 is 11.3 Å². The van der Waals surface area contributed by atoms with Gasteiger partial charge in [0.15, 0.2) is 0 Å². The van der Waals surface area contributed by atoms with Crippen molar-refractivity contribution in [2.75, 3.05) is 0 Å². The summed E-state index contributed by atoms with van der Waals surface area (Å²) in [5, 5.41) is 14.2. The number of aryl methyl sites for hydroxylation is 1. The van der Waals surface area contributed by atoms with E-state index in [0.717, 1.165) is 16.3 Å². The van der Waals surface area contributed by atoms with Crippen molar-refractivity contribution in [3.05, 3.63) is 22.5 Å². The summed E-state index contributed by atoms with van der Waals surface area (Å²) in [5.41, 5.74) is 2.57. The van der Waals surface area contributed by atoms with Crippen LogP contribution in [0.5, 0.6) is 0 Å². The predicted octanol–water partition coefficient (Wildman–Crippen LogP) is 2.75. The highest BCUT2D eigenvalue weighted by Crippen LogP contribution is 2.31. The van der Waals surface area contributed by atoms with Gasteiger partial charge in [0.05, 0.1) is 17.5 Å². The topological polar surface area (TPSA) is 68.0 Å². The SMILES string of the molecule is Cc1c(-c2nc(CC(C)C)c(C(=O)O)s2)cnn1C. The Balaban J connectivity index is 2.48. The molecule has 102 valence electrons. The van der Waals surface area contributed by atoms with Crippen LogP contribution in [0.25, 0.3) is 10.6 Å². The molecule has 0 saturated carbocycles. The van der Waals surface area contributed by atoms with Gasteiger partial charge in [-0.1, -0.05) is 13.8 Å². The first-order valence-electron chi connectivity index (χ1n) is 6.12. The van der Waals surface area contributed by atoms with Gasteiger partial charge in [-0.2, -0.15) is 5.10 Å². The maximum atomic E-state index is 11.3. The number of hydrogen-bond acceptors (Lipinski definition) is 4. The highest BCUT2D eigenvalue weighted by molar-refractivity contribution is 7.17. The molecule has 0 bridgehead atoms. The standard InChI is InChI=1S/C13H17N3O2S/c1-7(2)5-10-11(13(17)18)19-12(15-10)9-6-14-16(4)8(9)3/h6-7H,5H2,1-4H3,(H,17,18). The summed E-state index contributed by atoms with van der Waals surface area (Å²) in [6, 6.07) is 0. The molecule has 0 unspecified atom stereocenters. The number of nitrogens with zero attached hydrogens (tertiary/aromatic N) is 3. The Kier molecular flexibility index (Phi) is 3.71. The average Bonchev–Trinajstić information content (AvgIpc) is 2.84. The second kappa shape index (κ2) is 5.13. The smallest absolute Gasteiger partial charge is 0.347 e. The average molecular weight is 279 g/mol. The molecule has 0 aromatic carbocycles. The molecule has 0 saturated heterocycles. The van der Waals surface area contributed by atoms with Gasteiger partial charge in [0.2, 0.25) is 0 Å². The lowest BCUT2D eigenvalue weighted by molar-refractivity contribution is 0.0700. The van der Waals surface area contributed by atoms with Gasteiger partial charge >= 0.3 is 5.97 Å². The molecule has 0 atom stereocenters. The van der Waals surface area contributed by atoms with E-state index in [1.54, 1.807) is 10.9 Å². The summed E-state index contributed by atoms with van der Waals surface area (Å²) in [4.78, 5) is 16.1. The summed E-state index contributed by atoms with van der Waals surface area (Å²) in [6.45, 7) is 6.06. The molecule has 5 nitrogen and oxygen atoms in total. The minimum Gasteiger partial charge on any atom is -0.477 e. The lowest BCUT2D eigenvalue weighted by Crippen LogP contribution is -2.02. The number of aromatic carboxylic acids is 1. The van der Waals surface area contributed by atoms with Gasteiger partial charge < -0.3 is 5.11 Å². The lowest BCUT2D eigenvalue weighted by atomic mass is 10.1. The predicted molar refractivity (Wildman–Crippen MR) is 74.6 cm³/mol. The van der Waals surface area contributed by atoms with Crippen LogP contribution in [0.2, 0.25) is 0 Å². The van der Waals surface area contributed by atoms with Crippen LogP contribution in [0.15, 0.2) is 6.20 Å². The quantitative estimate of drug-likeness (QED) is 0.934. The van der Waals surface area contributed by atoms with Crippen LogP contribution in [-0.2, 0) is 13.5 Å². The molecule has 19 heavy (non-hydrogen) atoms. The number of carboxylic acids is 1. The molecule has 0 aliphatic heterocycles. The third-order valence-corrected chi connectivity index (χ3v) is 4.08. The van der Waals surface area contributed by atoms with E-state index in [2.05, 4.69) is 23.9 Å². The van der Waals surface area contributed by atoms with Crippen LogP contribution in [0.1, 0.15) is 34.9 Å². The fourth-order valence-corrected chi connectivity index (χ4v) is 2.86. The van der Waals surface area contributed by atoms with Crippen molar-refractivity contribution in [3.8, 4) is 10.6 Å². The molecular weight excluding hydrogens is 262 g/mol. The van der Waals surface area contributed by atoms with Gasteiger partial charge in [-0.3, -0.25) is 4.68 Å². The molecule has 2 heterocycles. The maximum absolute atomic E-state index is 11.3. The van der Waals surface area contributed by atoms with E-state index < -0.39 is 5.97 Å². The van der Waals surface area contributed by atoms with Crippen LogP contribution in [0.3, 0.4) is 0 Å². The minimum atomic E-state index is -0.902. The Morgan fingerprint density at radius 2 is 2.21 bits per heavy atom. The highest BCUT2D eigenvalue weighted by atomic mass is 32.1. The zero-order chi connectivity index (χ0) is 14.2. The zero-order valence-corrected chi connectivity index (χ0v) is 12.3. The molecule has 6 heteroatoms. The molecule has 0 aliphatic carbocycles. The first kappa shape index (κ1) is 13.7. The largest absolute Gasteiger partial charge is 0.477 e. The molecule has 0 radical (unpaired) electrons. The molecule has 0 spiro atoms. The Morgan fingerprint density at radius 1 is 1.53 bits per heavy atom. The van der Waals surface area contributed by atoms with E-state index in [4.69, 9.17) is 0 Å². The Hall–Kier alpha value is -1.69. The Morgan fingerprint density at radius 3 is 2.68 bits per heavy atom. The summed E-state index contributed by atoms with van der Waals surface area (Å²) < 4.78 is 1.76. The number of rotatable bonds is 4. The number of thiazole rings is 1. The van der Waals surface area contributed by atoms with Crippen molar-refractivity contribution in [1.82, 2.24) is 14.8 Å². The third-order valence-electron chi connectivity index (χ3n) is 2.96. The summed E-state index contributed by atoms with van der Waals surface area (Å²) in [6.07, 6.45) is 2.41. The van der Waals surface area contributed by atoms with Crippen molar-refractivity contribution in [1.29, 1.82) is 0 Å². The minimum absolute atomic E-state index is 0.340. The number of aromatic nitrogens is 3. The lowest BCUT2D eigenvalue weighted by Gasteiger charge is -2.01. The van der Waals surface area contributed by atoms with Crippen molar-refractivity contribution < 1.29 is 9.90 Å². The van der Waals surface area contributed by atoms with E-state index in [1.807, 2.05) is 14.0 Å². The van der Waals surface area contributed by atoms with Crippen LogP contribution in [-0.4, -0.2) is 25.8 Å². The van der Waals surface area contributed by atoms with E-state index >= 15 is 0 Å². The van der Waals surface area contributed by atoms with Crippen molar-refractivity contribution in [3.63, 3.8) is 0 Å². The number of carbonyl (C=O) groups is 1. The van der Waals surface area contributed by atoms with Crippen molar-refractivity contribution in [2.24, 2.45) is 13.0 Å². The van der Waals surface area contributed by atoms with E-state index in [1.165, 1.54) is 11.3 Å². The fourth-order valence-electron chi connectivity index (χ4n) is 1.87. The fraction of sp³-hybridized carbons (Fsp3) is 0.462. The first-order valence-corrected chi connectivity index (χ1v) is 6.93. The second-order valence-corrected chi connectivity index (χ2v) is 5.96. The zero-order valence-electron chi connectivity index (χ0n) is 11.5. The van der Waals surface area contributed by atoms with E-state index in [0.29, 0.717) is 22.9 Å². The summed E-state index contributed by atoms with van der Waals surface area (Å²) >= 11 is 1.23. The second-order valence-electron chi connectivity index (χ2n) is 4.97. The summed E-state index contributed by atoms with van der Waals surface area (Å²) in [5.74, 6) is -0.524. The molecular formula is C13H17N3O2S. The number of carboxylic acid groups (broad SMARTS) is 1. The molecule has 1 N–H and O–H groups in total. The van der Waals surface area contributed by atoms with Gasteiger partial charge in [-0.25, -0.2) is 9.78 Å². The molecule has 2 aromatic heterocycles. The van der Waals surface area contributed by atoms with E-state index in [-0.39, 0.29) is 0 Å². The molecule has 2 aromatic rings. The molecule has 2 rings (SSSR count). The normalized spacial score (nSPS) is 11.2. The maximum Gasteiger partial charge on any atom is 0.347 e. The Bertz CT molecular complexity index is 613. The number of hydrogen-bond donors (Lipinski definition) is 1. The van der Waals surface area contributed by atoms with Crippen LogP contribution in [0.4, 0.5) is 0 Å². The van der Waals surface area contributed by atoms with Gasteiger partial charge in [0.25, 0.3) is 0 Å². The monoisotopic (exact) mass is 279 g/mol. The van der Waals surface area contributed by atoms with Gasteiger partial charge in [0, 0.05) is 12.7 Å². The van der Waals surface area contributed by atoms with Crippen molar-refractivity contribution >= 4 is 17.3 Å². The molecule has 0 amide bonds. The van der Waals surface area contributed by atoms with E-state index in [9.17, 15) is 9.90 Å². The van der Waals surface area contributed by atoms with Gasteiger partial charge in [-0.05, 0) is 19.3 Å². The molecule has 0 fully saturated rings. The van der Waals surface area contributed by atoms with Crippen molar-refractivity contribution in [2.45, 2.75) is 27.2 Å². The Labute approximate surface area is 115 Å². The highest BCUT2D eigenvalue weighted by Gasteiger charge is 2.20. The first-order chi connectivity index (χ1) is 8.90. The molecule has 0 aliphatic rings. The van der Waals surface area contributed by atoms with Crippen LogP contribution < -0.4 is 0 Å². The van der Waals surface area contributed by atoms with Gasteiger partial charge in [-0.15, -0.1) is 11.3 Å². The van der Waals surface area contributed by atoms with Gasteiger partial charge in [0.1, 0.15) is 9.88 Å².